The molecule has 6 heteroatoms. The van der Waals surface area contributed by atoms with Gasteiger partial charge in [-0.05, 0) is 66.3 Å². The lowest BCUT2D eigenvalue weighted by atomic mass is 9.80. The van der Waals surface area contributed by atoms with E-state index in [-0.39, 0.29) is 13.2 Å². The summed E-state index contributed by atoms with van der Waals surface area (Å²) in [6, 6.07) is 47.2. The number of aryl methyl sites for hydroxylation is 1. The van der Waals surface area contributed by atoms with Crippen LogP contribution in [-0.2, 0) is 26.3 Å². The molecule has 0 aromatic heterocycles. The standard InChI is InChI=1S/C39H38N2O4/c1-2-44-38(43)36(37(42)27-26-30-16-15-25-35(28-30)41-40-34-23-13-6-14-24-34)29-45-39(31-17-7-3-8-18-31,32-19-9-4-10-20-32)33-21-11-5-12-22-33/h3-25,28,36-37,42H,2,26-27,29H2,1H3/t36-,37+/m0/s1. The Labute approximate surface area is 265 Å². The normalized spacial score (nSPS) is 12.9. The van der Waals surface area contributed by atoms with Gasteiger partial charge >= 0.3 is 5.97 Å². The zero-order valence-electron chi connectivity index (χ0n) is 25.4. The van der Waals surface area contributed by atoms with E-state index < -0.39 is 23.6 Å². The molecule has 0 aliphatic carbocycles. The molecule has 0 amide bonds. The Morgan fingerprint density at radius 1 is 0.689 bits per heavy atom. The molecule has 1 N–H and O–H groups in total. The zero-order valence-corrected chi connectivity index (χ0v) is 25.4. The Hall–Kier alpha value is -4.91. The smallest absolute Gasteiger partial charge is 0.313 e. The van der Waals surface area contributed by atoms with Crippen LogP contribution in [0, 0.1) is 5.92 Å². The summed E-state index contributed by atoms with van der Waals surface area (Å²) in [5, 5.41) is 20.1. The highest BCUT2D eigenvalue weighted by Gasteiger charge is 2.40. The maximum atomic E-state index is 13.3. The van der Waals surface area contributed by atoms with Gasteiger partial charge in [-0.1, -0.05) is 121 Å². The molecule has 0 heterocycles. The Morgan fingerprint density at radius 2 is 1.18 bits per heavy atom. The van der Waals surface area contributed by atoms with Gasteiger partial charge in [0.15, 0.2) is 0 Å². The molecule has 0 unspecified atom stereocenters. The number of carbonyl (C=O) groups is 1. The zero-order chi connectivity index (χ0) is 31.3. The summed E-state index contributed by atoms with van der Waals surface area (Å²) in [5.41, 5.74) is 4.20. The van der Waals surface area contributed by atoms with Crippen molar-refractivity contribution in [2.24, 2.45) is 16.1 Å². The lowest BCUT2D eigenvalue weighted by Gasteiger charge is -2.37. The molecule has 2 atom stereocenters. The van der Waals surface area contributed by atoms with Crippen molar-refractivity contribution in [3.05, 3.63) is 168 Å². The van der Waals surface area contributed by atoms with Crippen molar-refractivity contribution in [1.82, 2.24) is 0 Å². The predicted octanol–water partition coefficient (Wildman–Crippen LogP) is 8.58. The summed E-state index contributed by atoms with van der Waals surface area (Å²) in [6.45, 7) is 1.92. The van der Waals surface area contributed by atoms with Crippen LogP contribution >= 0.6 is 0 Å². The fraction of sp³-hybridized carbons (Fsp3) is 0.205. The molecule has 0 radical (unpaired) electrons. The number of azo groups is 1. The first-order chi connectivity index (χ1) is 22.1. The molecule has 0 fully saturated rings. The Morgan fingerprint density at radius 3 is 1.71 bits per heavy atom. The number of aliphatic hydroxyl groups excluding tert-OH is 1. The molecule has 0 aliphatic rings. The van der Waals surface area contributed by atoms with Crippen molar-refractivity contribution in [3.8, 4) is 0 Å². The van der Waals surface area contributed by atoms with E-state index in [1.165, 1.54) is 0 Å². The lowest BCUT2D eigenvalue weighted by Crippen LogP contribution is -2.40. The van der Waals surface area contributed by atoms with Crippen LogP contribution in [0.1, 0.15) is 35.6 Å². The summed E-state index contributed by atoms with van der Waals surface area (Å²) in [4.78, 5) is 13.3. The molecular weight excluding hydrogens is 560 g/mol. The quantitative estimate of drug-likeness (QED) is 0.0789. The first-order valence-corrected chi connectivity index (χ1v) is 15.3. The van der Waals surface area contributed by atoms with Crippen molar-refractivity contribution < 1.29 is 19.4 Å². The van der Waals surface area contributed by atoms with Crippen LogP contribution in [0.15, 0.2) is 156 Å². The second-order valence-electron chi connectivity index (χ2n) is 10.8. The van der Waals surface area contributed by atoms with Crippen LogP contribution in [0.3, 0.4) is 0 Å². The first-order valence-electron chi connectivity index (χ1n) is 15.3. The third-order valence-corrected chi connectivity index (χ3v) is 7.75. The average Bonchev–Trinajstić information content (AvgIpc) is 3.10. The maximum Gasteiger partial charge on any atom is 0.313 e. The van der Waals surface area contributed by atoms with E-state index in [2.05, 4.69) is 10.2 Å². The average molecular weight is 599 g/mol. The summed E-state index contributed by atoms with van der Waals surface area (Å²) < 4.78 is 12.3. The lowest BCUT2D eigenvalue weighted by molar-refractivity contribution is -0.157. The molecule has 0 bridgehead atoms. The van der Waals surface area contributed by atoms with Crippen molar-refractivity contribution in [2.75, 3.05) is 13.2 Å². The molecule has 45 heavy (non-hydrogen) atoms. The Balaban J connectivity index is 1.39. The van der Waals surface area contributed by atoms with Crippen LogP contribution in [-0.4, -0.2) is 30.4 Å². The minimum Gasteiger partial charge on any atom is -0.466 e. The van der Waals surface area contributed by atoms with Gasteiger partial charge in [-0.25, -0.2) is 0 Å². The van der Waals surface area contributed by atoms with Crippen LogP contribution < -0.4 is 0 Å². The fourth-order valence-electron chi connectivity index (χ4n) is 5.47. The molecule has 6 nitrogen and oxygen atoms in total. The largest absolute Gasteiger partial charge is 0.466 e. The van der Waals surface area contributed by atoms with E-state index in [1.54, 1.807) is 6.92 Å². The topological polar surface area (TPSA) is 80.5 Å². The van der Waals surface area contributed by atoms with Crippen LogP contribution in [0.4, 0.5) is 11.4 Å². The summed E-state index contributed by atoms with van der Waals surface area (Å²) in [6.07, 6.45) is -0.132. The Kier molecular flexibility index (Phi) is 11.0. The van der Waals surface area contributed by atoms with Gasteiger partial charge in [0.25, 0.3) is 0 Å². The van der Waals surface area contributed by atoms with E-state index in [4.69, 9.17) is 9.47 Å². The van der Waals surface area contributed by atoms with Gasteiger partial charge in [-0.3, -0.25) is 4.79 Å². The molecular formula is C39H38N2O4. The van der Waals surface area contributed by atoms with Gasteiger partial charge in [0.2, 0.25) is 0 Å². The number of nitrogens with zero attached hydrogens (tertiary/aromatic N) is 2. The number of hydrogen-bond donors (Lipinski definition) is 1. The van der Waals surface area contributed by atoms with Crippen LogP contribution in [0.25, 0.3) is 0 Å². The molecule has 228 valence electrons. The van der Waals surface area contributed by atoms with Gasteiger partial charge in [0.05, 0.1) is 30.7 Å². The van der Waals surface area contributed by atoms with Gasteiger partial charge < -0.3 is 14.6 Å². The van der Waals surface area contributed by atoms with Gasteiger partial charge in [-0.15, -0.1) is 0 Å². The monoisotopic (exact) mass is 598 g/mol. The number of benzene rings is 5. The van der Waals surface area contributed by atoms with Gasteiger partial charge in [0.1, 0.15) is 11.5 Å². The highest BCUT2D eigenvalue weighted by molar-refractivity contribution is 5.73. The first kappa shape index (κ1) is 31.5. The van der Waals surface area contributed by atoms with Crippen molar-refractivity contribution in [2.45, 2.75) is 31.5 Å². The summed E-state index contributed by atoms with van der Waals surface area (Å²) in [5.74, 6) is -1.39. The molecule has 0 saturated heterocycles. The third kappa shape index (κ3) is 7.98. The van der Waals surface area contributed by atoms with Crippen molar-refractivity contribution in [3.63, 3.8) is 0 Å². The summed E-state index contributed by atoms with van der Waals surface area (Å²) >= 11 is 0. The van der Waals surface area contributed by atoms with Gasteiger partial charge in [0, 0.05) is 0 Å². The van der Waals surface area contributed by atoms with Crippen molar-refractivity contribution >= 4 is 17.3 Å². The number of esters is 1. The number of ether oxygens (including phenoxy) is 2. The Bertz CT molecular complexity index is 1550. The van der Waals surface area contributed by atoms with E-state index in [0.29, 0.717) is 12.8 Å². The molecule has 0 aliphatic heterocycles. The van der Waals surface area contributed by atoms with Crippen LogP contribution in [0.5, 0.6) is 0 Å². The van der Waals surface area contributed by atoms with E-state index in [9.17, 15) is 9.90 Å². The van der Waals surface area contributed by atoms with E-state index in [0.717, 1.165) is 33.6 Å². The van der Waals surface area contributed by atoms with E-state index >= 15 is 0 Å². The minimum absolute atomic E-state index is 0.0516. The third-order valence-electron chi connectivity index (χ3n) is 7.75. The SMILES string of the molecule is CCOC(=O)[C@@H](COC(c1ccccc1)(c1ccccc1)c1ccccc1)[C@H](O)CCc1cccc(N=Nc2ccccc2)c1. The van der Waals surface area contributed by atoms with Crippen molar-refractivity contribution in [1.29, 1.82) is 0 Å². The second kappa shape index (κ2) is 15.7. The molecule has 5 aromatic carbocycles. The minimum atomic E-state index is -1.02. The second-order valence-corrected chi connectivity index (χ2v) is 10.8. The highest BCUT2D eigenvalue weighted by atomic mass is 16.5. The number of aliphatic hydroxyl groups is 1. The highest BCUT2D eigenvalue weighted by Crippen LogP contribution is 2.41. The molecule has 0 saturated carbocycles. The number of rotatable bonds is 14. The van der Waals surface area contributed by atoms with E-state index in [1.807, 2.05) is 146 Å². The van der Waals surface area contributed by atoms with Crippen LogP contribution in [0.2, 0.25) is 0 Å². The molecule has 0 spiro atoms. The molecule has 5 aromatic rings. The fourth-order valence-corrected chi connectivity index (χ4v) is 5.47. The number of hydrogen-bond acceptors (Lipinski definition) is 6. The summed E-state index contributed by atoms with van der Waals surface area (Å²) in [7, 11) is 0. The molecule has 5 rings (SSSR count). The predicted molar refractivity (Wildman–Crippen MR) is 177 cm³/mol. The number of carbonyl (C=O) groups excluding carboxylic acids is 1. The maximum absolute atomic E-state index is 13.3. The van der Waals surface area contributed by atoms with Gasteiger partial charge in [-0.2, -0.15) is 10.2 Å².